The highest BCUT2D eigenvalue weighted by Crippen LogP contribution is 2.37. The Morgan fingerprint density at radius 2 is 2.29 bits per heavy atom. The van der Waals surface area contributed by atoms with Gasteiger partial charge in [0.1, 0.15) is 23.5 Å². The van der Waals surface area contributed by atoms with E-state index in [4.69, 9.17) is 0 Å². The van der Waals surface area contributed by atoms with Crippen molar-refractivity contribution in [3.8, 4) is 6.07 Å². The Balaban J connectivity index is 1.63. The van der Waals surface area contributed by atoms with Crippen molar-refractivity contribution in [1.29, 1.82) is 5.26 Å². The first-order chi connectivity index (χ1) is 11.6. The number of thiophene rings is 1. The smallest absolute Gasteiger partial charge is 0.306 e. The van der Waals surface area contributed by atoms with Gasteiger partial charge in [-0.25, -0.2) is 0 Å². The van der Waals surface area contributed by atoms with Gasteiger partial charge in [-0.2, -0.15) is 10.4 Å². The Morgan fingerprint density at radius 3 is 3.00 bits per heavy atom. The molecule has 1 aliphatic rings. The standard InChI is InChI=1S/C15H15N5O3S/c16-7-12-11-3-1-2-4-13(11)24-15(12)18-14(21)5-6-19-9-10(8-17-19)20(22)23/h8-9H,1-6H2,(H,18,21). The number of nitro groups is 1. The predicted octanol–water partition coefficient (Wildman–Crippen LogP) is 2.63. The number of hydrogen-bond donors (Lipinski definition) is 1. The third kappa shape index (κ3) is 3.28. The van der Waals surface area contributed by atoms with Crippen LogP contribution in [-0.2, 0) is 24.2 Å². The molecule has 0 aromatic carbocycles. The van der Waals surface area contributed by atoms with Gasteiger partial charge in [-0.3, -0.25) is 19.6 Å². The summed E-state index contributed by atoms with van der Waals surface area (Å²) in [4.78, 5) is 23.4. The molecule has 124 valence electrons. The highest BCUT2D eigenvalue weighted by atomic mass is 32.1. The molecule has 0 atom stereocenters. The largest absolute Gasteiger partial charge is 0.317 e. The molecule has 0 unspecified atom stereocenters. The number of carbonyl (C=O) groups excluding carboxylic acids is 1. The summed E-state index contributed by atoms with van der Waals surface area (Å²) in [7, 11) is 0. The van der Waals surface area contributed by atoms with Crippen LogP contribution in [0.15, 0.2) is 12.4 Å². The van der Waals surface area contributed by atoms with Crippen molar-refractivity contribution in [2.45, 2.75) is 38.6 Å². The quantitative estimate of drug-likeness (QED) is 0.661. The predicted molar refractivity (Wildman–Crippen MR) is 87.8 cm³/mol. The van der Waals surface area contributed by atoms with E-state index in [0.29, 0.717) is 10.6 Å². The number of rotatable bonds is 5. The summed E-state index contributed by atoms with van der Waals surface area (Å²) in [5, 5.41) is 27.2. The summed E-state index contributed by atoms with van der Waals surface area (Å²) >= 11 is 1.48. The van der Waals surface area contributed by atoms with Crippen molar-refractivity contribution in [2.75, 3.05) is 5.32 Å². The molecule has 0 fully saturated rings. The van der Waals surface area contributed by atoms with Gasteiger partial charge >= 0.3 is 5.69 Å². The summed E-state index contributed by atoms with van der Waals surface area (Å²) in [5.74, 6) is -0.233. The zero-order chi connectivity index (χ0) is 17.1. The Labute approximate surface area is 141 Å². The number of hydrogen-bond acceptors (Lipinski definition) is 6. The van der Waals surface area contributed by atoms with Crippen LogP contribution in [0.3, 0.4) is 0 Å². The van der Waals surface area contributed by atoms with Crippen LogP contribution < -0.4 is 5.32 Å². The van der Waals surface area contributed by atoms with Crippen LogP contribution in [0, 0.1) is 21.4 Å². The van der Waals surface area contributed by atoms with Gasteiger partial charge in [0, 0.05) is 17.8 Å². The van der Waals surface area contributed by atoms with E-state index in [2.05, 4.69) is 16.5 Å². The second-order valence-corrected chi connectivity index (χ2v) is 6.65. The van der Waals surface area contributed by atoms with E-state index in [1.807, 2.05) is 0 Å². The molecular weight excluding hydrogens is 330 g/mol. The lowest BCUT2D eigenvalue weighted by Gasteiger charge is -2.09. The van der Waals surface area contributed by atoms with Gasteiger partial charge in [0.15, 0.2) is 0 Å². The average Bonchev–Trinajstić information content (AvgIpc) is 3.17. The topological polar surface area (TPSA) is 114 Å². The molecule has 0 aliphatic heterocycles. The SMILES string of the molecule is N#Cc1c(NC(=O)CCn2cc([N+](=O)[O-])cn2)sc2c1CCCC2. The second kappa shape index (κ2) is 6.80. The van der Waals surface area contributed by atoms with Crippen LogP contribution in [0.4, 0.5) is 10.7 Å². The first kappa shape index (κ1) is 16.1. The summed E-state index contributed by atoms with van der Waals surface area (Å²) in [6.45, 7) is 0.243. The van der Waals surface area contributed by atoms with Crippen LogP contribution in [0.5, 0.6) is 0 Å². The minimum Gasteiger partial charge on any atom is -0.317 e. The van der Waals surface area contributed by atoms with Gasteiger partial charge in [0.2, 0.25) is 5.91 Å². The fourth-order valence-corrected chi connectivity index (χ4v) is 4.00. The maximum absolute atomic E-state index is 12.1. The van der Waals surface area contributed by atoms with Crippen LogP contribution in [0.1, 0.15) is 35.3 Å². The number of aryl methyl sites for hydroxylation is 2. The molecule has 2 heterocycles. The lowest BCUT2D eigenvalue weighted by molar-refractivity contribution is -0.385. The second-order valence-electron chi connectivity index (χ2n) is 5.54. The van der Waals surface area contributed by atoms with Gasteiger partial charge in [0.05, 0.1) is 10.5 Å². The average molecular weight is 345 g/mol. The molecule has 0 saturated heterocycles. The van der Waals surface area contributed by atoms with Crippen molar-refractivity contribution in [3.63, 3.8) is 0 Å². The molecule has 1 N–H and O–H groups in total. The van der Waals surface area contributed by atoms with E-state index in [-0.39, 0.29) is 24.6 Å². The van der Waals surface area contributed by atoms with Crippen LogP contribution in [0.25, 0.3) is 0 Å². The summed E-state index contributed by atoms with van der Waals surface area (Å²) < 4.78 is 1.36. The molecule has 0 radical (unpaired) electrons. The fraction of sp³-hybridized carbons (Fsp3) is 0.400. The highest BCUT2D eigenvalue weighted by Gasteiger charge is 2.21. The van der Waals surface area contributed by atoms with Crippen LogP contribution in [-0.4, -0.2) is 20.6 Å². The summed E-state index contributed by atoms with van der Waals surface area (Å²) in [6, 6.07) is 2.20. The Morgan fingerprint density at radius 1 is 1.50 bits per heavy atom. The lowest BCUT2D eigenvalue weighted by atomic mass is 9.96. The zero-order valence-electron chi connectivity index (χ0n) is 12.8. The number of nitrogens with one attached hydrogen (secondary N) is 1. The maximum atomic E-state index is 12.1. The number of aromatic nitrogens is 2. The van der Waals surface area contributed by atoms with Crippen molar-refractivity contribution in [2.24, 2.45) is 0 Å². The summed E-state index contributed by atoms with van der Waals surface area (Å²) in [6.07, 6.45) is 6.61. The Kier molecular flexibility index (Phi) is 4.57. The highest BCUT2D eigenvalue weighted by molar-refractivity contribution is 7.16. The van der Waals surface area contributed by atoms with Crippen LogP contribution >= 0.6 is 11.3 Å². The molecule has 1 amide bonds. The van der Waals surface area contributed by atoms with Crippen molar-refractivity contribution in [3.05, 3.63) is 38.5 Å². The molecular formula is C15H15N5O3S. The van der Waals surface area contributed by atoms with E-state index in [1.165, 1.54) is 27.1 Å². The number of nitrogens with zero attached hydrogens (tertiary/aromatic N) is 4. The number of carbonyl (C=O) groups is 1. The maximum Gasteiger partial charge on any atom is 0.306 e. The Hall–Kier alpha value is -2.73. The Bertz CT molecular complexity index is 833. The molecule has 2 aromatic heterocycles. The van der Waals surface area contributed by atoms with Gasteiger partial charge < -0.3 is 5.32 Å². The van der Waals surface area contributed by atoms with Gasteiger partial charge in [-0.05, 0) is 31.2 Å². The minimum absolute atomic E-state index is 0.104. The van der Waals surface area contributed by atoms with E-state index < -0.39 is 4.92 Å². The molecule has 2 aromatic rings. The third-order valence-corrected chi connectivity index (χ3v) is 5.14. The van der Waals surface area contributed by atoms with Crippen LogP contribution in [0.2, 0.25) is 0 Å². The van der Waals surface area contributed by atoms with E-state index in [1.54, 1.807) is 0 Å². The van der Waals surface area contributed by atoms with Gasteiger partial charge in [-0.15, -0.1) is 11.3 Å². The van der Waals surface area contributed by atoms with Crippen molar-refractivity contribution < 1.29 is 9.72 Å². The normalized spacial score (nSPS) is 13.1. The van der Waals surface area contributed by atoms with E-state index in [9.17, 15) is 20.2 Å². The summed E-state index contributed by atoms with van der Waals surface area (Å²) in [5.41, 5.74) is 1.55. The fourth-order valence-electron chi connectivity index (χ4n) is 2.75. The number of fused-ring (bicyclic) bond motifs is 1. The molecule has 9 heteroatoms. The third-order valence-electron chi connectivity index (χ3n) is 3.93. The number of anilines is 1. The first-order valence-electron chi connectivity index (χ1n) is 7.60. The zero-order valence-corrected chi connectivity index (χ0v) is 13.6. The van der Waals surface area contributed by atoms with Gasteiger partial charge in [-0.1, -0.05) is 0 Å². The van der Waals surface area contributed by atoms with Crippen molar-refractivity contribution in [1.82, 2.24) is 9.78 Å². The van der Waals surface area contributed by atoms with Gasteiger partial charge in [0.25, 0.3) is 0 Å². The minimum atomic E-state index is -0.529. The molecule has 8 nitrogen and oxygen atoms in total. The number of nitriles is 1. The molecule has 0 spiro atoms. The lowest BCUT2D eigenvalue weighted by Crippen LogP contribution is -2.14. The number of amides is 1. The van der Waals surface area contributed by atoms with Crippen molar-refractivity contribution >= 4 is 27.9 Å². The molecule has 0 bridgehead atoms. The monoisotopic (exact) mass is 345 g/mol. The van der Waals surface area contributed by atoms with E-state index in [0.717, 1.165) is 37.4 Å². The first-order valence-corrected chi connectivity index (χ1v) is 8.41. The molecule has 24 heavy (non-hydrogen) atoms. The molecule has 3 rings (SSSR count). The van der Waals surface area contributed by atoms with E-state index >= 15 is 0 Å². The molecule has 0 saturated carbocycles. The molecule has 1 aliphatic carbocycles.